The van der Waals surface area contributed by atoms with Crippen LogP contribution in [0.5, 0.6) is 11.6 Å². The molecule has 14 heteroatoms. The van der Waals surface area contributed by atoms with Gasteiger partial charge < -0.3 is 29.3 Å². The minimum atomic E-state index is -2.88. The maximum Gasteiger partial charge on any atom is 0.296 e. The SMILES string of the molecule is COc1cccc2c1nc(C(F)F)n2-c1nc(Nc2ccnc(OCCCN(C)C)c2)nc(N2CCOCC2)n1. The van der Waals surface area contributed by atoms with Crippen molar-refractivity contribution in [1.29, 1.82) is 0 Å². The fourth-order valence-electron chi connectivity index (χ4n) is 4.28. The first kappa shape index (κ1) is 27.4. The van der Waals surface area contributed by atoms with Crippen molar-refractivity contribution in [3.05, 3.63) is 42.4 Å². The Morgan fingerprint density at radius 2 is 1.88 bits per heavy atom. The largest absolute Gasteiger partial charge is 0.494 e. The molecule has 12 nitrogen and oxygen atoms in total. The molecular weight excluding hydrogens is 524 g/mol. The number of hydrogen-bond donors (Lipinski definition) is 1. The lowest BCUT2D eigenvalue weighted by atomic mass is 10.3. The zero-order valence-electron chi connectivity index (χ0n) is 22.5. The van der Waals surface area contributed by atoms with E-state index in [1.165, 1.54) is 11.7 Å². The minimum absolute atomic E-state index is 0.000685. The van der Waals surface area contributed by atoms with Crippen molar-refractivity contribution >= 4 is 28.6 Å². The van der Waals surface area contributed by atoms with Crippen molar-refractivity contribution in [1.82, 2.24) is 34.4 Å². The average molecular weight is 556 g/mol. The number of para-hydroxylation sites is 1. The summed E-state index contributed by atoms with van der Waals surface area (Å²) in [5, 5.41) is 3.16. The molecule has 1 aromatic carbocycles. The number of halogens is 2. The van der Waals surface area contributed by atoms with E-state index in [2.05, 4.69) is 35.1 Å². The van der Waals surface area contributed by atoms with E-state index < -0.39 is 12.2 Å². The van der Waals surface area contributed by atoms with Crippen LogP contribution in [-0.4, -0.2) is 95.0 Å². The maximum atomic E-state index is 14.2. The Labute approximate surface area is 229 Å². The third-order valence-electron chi connectivity index (χ3n) is 6.19. The molecule has 0 aliphatic carbocycles. The first-order valence-corrected chi connectivity index (χ1v) is 12.9. The average Bonchev–Trinajstić information content (AvgIpc) is 3.36. The Balaban J connectivity index is 1.53. The van der Waals surface area contributed by atoms with Crippen molar-refractivity contribution in [2.75, 3.05) is 70.9 Å². The Hall–Kier alpha value is -4.17. The second-order valence-corrected chi connectivity index (χ2v) is 9.31. The molecule has 4 heterocycles. The summed E-state index contributed by atoms with van der Waals surface area (Å²) in [6, 6.07) is 8.51. The van der Waals surface area contributed by atoms with E-state index in [-0.39, 0.29) is 17.4 Å². The van der Waals surface area contributed by atoms with E-state index in [0.29, 0.717) is 61.7 Å². The number of ether oxygens (including phenoxy) is 3. The summed E-state index contributed by atoms with van der Waals surface area (Å²) in [7, 11) is 5.47. The van der Waals surface area contributed by atoms with Gasteiger partial charge >= 0.3 is 0 Å². The standard InChI is InChI=1S/C26H31F2N9O3/c1-35(2)10-5-13-40-20-16-17(8-9-29-20)30-24-32-25(36-11-14-39-15-12-36)34-26(33-24)37-18-6-4-7-19(38-3)21(18)31-23(37)22(27)28/h4,6-9,16,22H,5,10-15H2,1-3H3,(H,29,30,32,33,34). The highest BCUT2D eigenvalue weighted by Crippen LogP contribution is 2.32. The van der Waals surface area contributed by atoms with Gasteiger partial charge in [0.25, 0.3) is 6.43 Å². The summed E-state index contributed by atoms with van der Waals surface area (Å²) in [5.41, 5.74) is 1.29. The van der Waals surface area contributed by atoms with Crippen LogP contribution in [0.25, 0.3) is 17.0 Å². The normalized spacial score (nSPS) is 13.8. The molecule has 1 aliphatic heterocycles. The van der Waals surface area contributed by atoms with Crippen LogP contribution >= 0.6 is 0 Å². The highest BCUT2D eigenvalue weighted by molar-refractivity contribution is 5.84. The fourth-order valence-corrected chi connectivity index (χ4v) is 4.28. The molecule has 0 atom stereocenters. The van der Waals surface area contributed by atoms with Gasteiger partial charge in [0, 0.05) is 37.6 Å². The lowest BCUT2D eigenvalue weighted by Gasteiger charge is -2.27. The summed E-state index contributed by atoms with van der Waals surface area (Å²) >= 11 is 0. The van der Waals surface area contributed by atoms with Gasteiger partial charge in [-0.1, -0.05) is 6.07 Å². The van der Waals surface area contributed by atoms with Gasteiger partial charge in [0.2, 0.25) is 23.7 Å². The van der Waals surface area contributed by atoms with Crippen LogP contribution in [0.15, 0.2) is 36.5 Å². The van der Waals surface area contributed by atoms with Crippen LogP contribution in [0.1, 0.15) is 18.7 Å². The molecule has 0 spiro atoms. The van der Waals surface area contributed by atoms with Gasteiger partial charge in [-0.15, -0.1) is 0 Å². The van der Waals surface area contributed by atoms with E-state index >= 15 is 0 Å². The second-order valence-electron chi connectivity index (χ2n) is 9.31. The van der Waals surface area contributed by atoms with Crippen LogP contribution in [0, 0.1) is 0 Å². The molecule has 0 saturated carbocycles. The second kappa shape index (κ2) is 12.3. The van der Waals surface area contributed by atoms with Gasteiger partial charge in [0.1, 0.15) is 11.3 Å². The molecule has 0 radical (unpaired) electrons. The number of rotatable bonds is 11. The van der Waals surface area contributed by atoms with E-state index in [1.807, 2.05) is 19.0 Å². The number of aromatic nitrogens is 6. The molecule has 1 N–H and O–H groups in total. The van der Waals surface area contributed by atoms with Gasteiger partial charge in [0.15, 0.2) is 5.82 Å². The number of pyridine rings is 1. The minimum Gasteiger partial charge on any atom is -0.494 e. The van der Waals surface area contributed by atoms with Gasteiger partial charge in [-0.3, -0.25) is 4.57 Å². The third kappa shape index (κ3) is 6.18. The summed E-state index contributed by atoms with van der Waals surface area (Å²) in [6.45, 7) is 3.49. The zero-order chi connectivity index (χ0) is 28.1. The summed E-state index contributed by atoms with van der Waals surface area (Å²) in [6.07, 6.45) is -0.425. The molecule has 40 heavy (non-hydrogen) atoms. The summed E-state index contributed by atoms with van der Waals surface area (Å²) in [4.78, 5) is 26.2. The molecular formula is C26H31F2N9O3. The van der Waals surface area contributed by atoms with Gasteiger partial charge in [-0.05, 0) is 38.7 Å². The van der Waals surface area contributed by atoms with E-state index in [4.69, 9.17) is 14.2 Å². The van der Waals surface area contributed by atoms with Gasteiger partial charge in [-0.2, -0.15) is 15.0 Å². The molecule has 5 rings (SSSR count). The monoisotopic (exact) mass is 555 g/mol. The number of fused-ring (bicyclic) bond motifs is 1. The fraction of sp³-hybridized carbons (Fsp3) is 0.423. The Bertz CT molecular complexity index is 1440. The number of hydrogen-bond acceptors (Lipinski definition) is 11. The highest BCUT2D eigenvalue weighted by Gasteiger charge is 2.26. The van der Waals surface area contributed by atoms with Crippen LogP contribution < -0.4 is 19.7 Å². The predicted molar refractivity (Wildman–Crippen MR) is 145 cm³/mol. The van der Waals surface area contributed by atoms with Crippen molar-refractivity contribution in [3.8, 4) is 17.6 Å². The summed E-state index contributed by atoms with van der Waals surface area (Å²) in [5.74, 6) is 0.810. The first-order chi connectivity index (χ1) is 19.4. The molecule has 0 unspecified atom stereocenters. The number of methoxy groups -OCH3 is 1. The Kier molecular flexibility index (Phi) is 8.45. The number of benzene rings is 1. The van der Waals surface area contributed by atoms with Crippen LogP contribution in [-0.2, 0) is 4.74 Å². The molecule has 4 aromatic rings. The summed E-state index contributed by atoms with van der Waals surface area (Å²) < 4.78 is 46.3. The topological polar surface area (TPSA) is 116 Å². The van der Waals surface area contributed by atoms with Crippen molar-refractivity contribution in [2.24, 2.45) is 0 Å². The van der Waals surface area contributed by atoms with Crippen molar-refractivity contribution < 1.29 is 23.0 Å². The molecule has 1 fully saturated rings. The Morgan fingerprint density at radius 1 is 1.07 bits per heavy atom. The highest BCUT2D eigenvalue weighted by atomic mass is 19.3. The zero-order valence-corrected chi connectivity index (χ0v) is 22.5. The van der Waals surface area contributed by atoms with Crippen molar-refractivity contribution in [2.45, 2.75) is 12.8 Å². The quantitative estimate of drug-likeness (QED) is 0.274. The molecule has 1 saturated heterocycles. The van der Waals surface area contributed by atoms with Crippen LogP contribution in [0.4, 0.5) is 26.4 Å². The number of nitrogens with one attached hydrogen (secondary N) is 1. The molecule has 0 amide bonds. The molecule has 1 aliphatic rings. The molecule has 0 bridgehead atoms. The number of alkyl halides is 2. The van der Waals surface area contributed by atoms with Crippen molar-refractivity contribution in [3.63, 3.8) is 0 Å². The number of imidazole rings is 1. The number of nitrogens with zero attached hydrogens (tertiary/aromatic N) is 8. The van der Waals surface area contributed by atoms with Crippen LogP contribution in [0.2, 0.25) is 0 Å². The Morgan fingerprint density at radius 3 is 2.62 bits per heavy atom. The lowest BCUT2D eigenvalue weighted by Crippen LogP contribution is -2.37. The first-order valence-electron chi connectivity index (χ1n) is 12.9. The maximum absolute atomic E-state index is 14.2. The predicted octanol–water partition coefficient (Wildman–Crippen LogP) is 3.46. The van der Waals surface area contributed by atoms with Gasteiger partial charge in [0.05, 0.1) is 32.4 Å². The number of anilines is 3. The third-order valence-corrected chi connectivity index (χ3v) is 6.19. The molecule has 3 aromatic heterocycles. The van der Waals surface area contributed by atoms with Gasteiger partial charge in [-0.25, -0.2) is 18.7 Å². The lowest BCUT2D eigenvalue weighted by molar-refractivity contribution is 0.122. The van der Waals surface area contributed by atoms with E-state index in [0.717, 1.165) is 13.0 Å². The van der Waals surface area contributed by atoms with Crippen LogP contribution in [0.3, 0.4) is 0 Å². The molecule has 212 valence electrons. The van der Waals surface area contributed by atoms with E-state index in [9.17, 15) is 8.78 Å². The smallest absolute Gasteiger partial charge is 0.296 e. The number of morpholine rings is 1. The van der Waals surface area contributed by atoms with E-state index in [1.54, 1.807) is 36.5 Å².